The minimum Gasteiger partial charge on any atom is -0.385 e. The van der Waals surface area contributed by atoms with Crippen LogP contribution in [0.2, 0.25) is 0 Å². The second kappa shape index (κ2) is 7.65. The number of carbonyl (C=O) groups excluding carboxylic acids is 1. The number of rotatable bonds is 4. The van der Waals surface area contributed by atoms with Gasteiger partial charge in [0.1, 0.15) is 6.10 Å². The van der Waals surface area contributed by atoms with E-state index in [4.69, 9.17) is 0 Å². The molecule has 0 aliphatic carbocycles. The molecule has 2 aromatic heterocycles. The number of hydrogen-bond donors (Lipinski definition) is 1. The normalized spacial score (nSPS) is 15.5. The van der Waals surface area contributed by atoms with E-state index in [1.165, 1.54) is 0 Å². The molecular formula is C20H24N6O2. The Morgan fingerprint density at radius 3 is 2.75 bits per heavy atom. The molecule has 8 nitrogen and oxygen atoms in total. The molecule has 0 spiro atoms. The molecule has 0 saturated carbocycles. The lowest BCUT2D eigenvalue weighted by Crippen LogP contribution is -2.30. The summed E-state index contributed by atoms with van der Waals surface area (Å²) in [7, 11) is 3.83. The third-order valence-electron chi connectivity index (χ3n) is 4.92. The van der Waals surface area contributed by atoms with Gasteiger partial charge in [-0.25, -0.2) is 0 Å². The van der Waals surface area contributed by atoms with Crippen molar-refractivity contribution in [1.29, 1.82) is 0 Å². The van der Waals surface area contributed by atoms with Gasteiger partial charge in [0.05, 0.1) is 29.0 Å². The minimum absolute atomic E-state index is 0.0300. The Labute approximate surface area is 163 Å². The quantitative estimate of drug-likeness (QED) is 0.738. The van der Waals surface area contributed by atoms with Crippen molar-refractivity contribution in [2.75, 3.05) is 27.2 Å². The average molecular weight is 380 g/mol. The summed E-state index contributed by atoms with van der Waals surface area (Å²) in [6.07, 6.45) is 3.44. The first kappa shape index (κ1) is 18.5. The molecule has 1 amide bonds. The second-order valence-electron chi connectivity index (χ2n) is 7.40. The first-order chi connectivity index (χ1) is 13.5. The van der Waals surface area contributed by atoms with Gasteiger partial charge in [0, 0.05) is 37.6 Å². The van der Waals surface area contributed by atoms with Crippen molar-refractivity contribution in [1.82, 2.24) is 29.5 Å². The van der Waals surface area contributed by atoms with E-state index in [2.05, 4.69) is 15.1 Å². The highest BCUT2D eigenvalue weighted by Gasteiger charge is 2.23. The van der Waals surface area contributed by atoms with Gasteiger partial charge in [-0.2, -0.15) is 5.10 Å². The zero-order valence-electron chi connectivity index (χ0n) is 16.1. The second-order valence-corrected chi connectivity index (χ2v) is 7.40. The van der Waals surface area contributed by atoms with Gasteiger partial charge < -0.3 is 14.9 Å². The summed E-state index contributed by atoms with van der Waals surface area (Å²) in [5.74, 6) is -0.0300. The molecule has 0 radical (unpaired) electrons. The SMILES string of the molecule is CN(C)C[C@H](O)c1cc2n(n1)CCCN(C(=O)c1ccc3nccnc3c1)C2. The number of aliphatic hydroxyl groups is 1. The molecule has 28 heavy (non-hydrogen) atoms. The van der Waals surface area contributed by atoms with Crippen LogP contribution in [0.3, 0.4) is 0 Å². The van der Waals surface area contributed by atoms with Crippen LogP contribution in [-0.2, 0) is 13.1 Å². The summed E-state index contributed by atoms with van der Waals surface area (Å²) in [6, 6.07) is 7.33. The molecule has 4 rings (SSSR count). The smallest absolute Gasteiger partial charge is 0.254 e. The fraction of sp³-hybridized carbons (Fsp3) is 0.400. The van der Waals surface area contributed by atoms with Gasteiger partial charge in [-0.1, -0.05) is 0 Å². The Kier molecular flexibility index (Phi) is 5.06. The topological polar surface area (TPSA) is 87.4 Å². The lowest BCUT2D eigenvalue weighted by molar-refractivity contribution is 0.0746. The van der Waals surface area contributed by atoms with E-state index in [-0.39, 0.29) is 5.91 Å². The van der Waals surface area contributed by atoms with Crippen LogP contribution in [-0.4, -0.2) is 67.7 Å². The summed E-state index contributed by atoms with van der Waals surface area (Å²) in [4.78, 5) is 25.4. The molecule has 1 aromatic carbocycles. The van der Waals surface area contributed by atoms with Gasteiger partial charge in [0.15, 0.2) is 0 Å². The van der Waals surface area contributed by atoms with E-state index in [1.54, 1.807) is 24.5 Å². The van der Waals surface area contributed by atoms with E-state index >= 15 is 0 Å². The van der Waals surface area contributed by atoms with E-state index in [0.29, 0.717) is 36.4 Å². The average Bonchev–Trinajstić information content (AvgIpc) is 2.98. The molecule has 0 saturated heterocycles. The monoisotopic (exact) mass is 380 g/mol. The minimum atomic E-state index is -0.641. The first-order valence-electron chi connectivity index (χ1n) is 9.41. The van der Waals surface area contributed by atoms with E-state index in [1.807, 2.05) is 40.7 Å². The van der Waals surface area contributed by atoms with Crippen LogP contribution in [0.5, 0.6) is 0 Å². The largest absolute Gasteiger partial charge is 0.385 e. The number of fused-ring (bicyclic) bond motifs is 2. The third-order valence-corrected chi connectivity index (χ3v) is 4.92. The number of likely N-dealkylation sites (N-methyl/N-ethyl adjacent to an activating group) is 1. The number of carbonyl (C=O) groups is 1. The van der Waals surface area contributed by atoms with E-state index in [0.717, 1.165) is 24.2 Å². The molecule has 1 aliphatic heterocycles. The predicted molar refractivity (Wildman–Crippen MR) is 105 cm³/mol. The Morgan fingerprint density at radius 2 is 1.96 bits per heavy atom. The summed E-state index contributed by atoms with van der Waals surface area (Å²) in [5, 5.41) is 14.9. The molecule has 0 bridgehead atoms. The standard InChI is InChI=1S/C20H24N6O2/c1-24(2)13-19(27)18-11-15-12-25(8-3-9-26(15)23-18)20(28)14-4-5-16-17(10-14)22-7-6-21-16/h4-7,10-11,19,27H,3,8-9,12-13H2,1-2H3/t19-/m0/s1. The van der Waals surface area contributed by atoms with Crippen LogP contribution in [0.15, 0.2) is 36.7 Å². The van der Waals surface area contributed by atoms with Gasteiger partial charge in [0.25, 0.3) is 5.91 Å². The third kappa shape index (κ3) is 3.74. The summed E-state index contributed by atoms with van der Waals surface area (Å²) in [6.45, 7) is 2.38. The number of benzene rings is 1. The molecule has 1 aliphatic rings. The molecule has 0 unspecified atom stereocenters. The van der Waals surface area contributed by atoms with Crippen LogP contribution in [0, 0.1) is 0 Å². The van der Waals surface area contributed by atoms with Crippen LogP contribution < -0.4 is 0 Å². The highest BCUT2D eigenvalue weighted by atomic mass is 16.3. The van der Waals surface area contributed by atoms with Crippen molar-refractivity contribution in [3.8, 4) is 0 Å². The van der Waals surface area contributed by atoms with Crippen molar-refractivity contribution in [3.63, 3.8) is 0 Å². The van der Waals surface area contributed by atoms with Crippen molar-refractivity contribution in [2.24, 2.45) is 0 Å². The molecule has 8 heteroatoms. The highest BCUT2D eigenvalue weighted by molar-refractivity contribution is 5.97. The van der Waals surface area contributed by atoms with Crippen molar-refractivity contribution >= 4 is 16.9 Å². The van der Waals surface area contributed by atoms with Crippen LogP contribution in [0.4, 0.5) is 0 Å². The van der Waals surface area contributed by atoms with Gasteiger partial charge in [-0.05, 0) is 44.8 Å². The fourth-order valence-corrected chi connectivity index (χ4v) is 3.54. The highest BCUT2D eigenvalue weighted by Crippen LogP contribution is 2.21. The van der Waals surface area contributed by atoms with E-state index < -0.39 is 6.10 Å². The Balaban J connectivity index is 1.56. The number of aromatic nitrogens is 4. The molecule has 146 valence electrons. The van der Waals surface area contributed by atoms with Crippen molar-refractivity contribution < 1.29 is 9.90 Å². The van der Waals surface area contributed by atoms with Gasteiger partial charge in [-0.15, -0.1) is 0 Å². The van der Waals surface area contributed by atoms with Crippen LogP contribution in [0.1, 0.15) is 34.3 Å². The number of amides is 1. The summed E-state index contributed by atoms with van der Waals surface area (Å²) >= 11 is 0. The van der Waals surface area contributed by atoms with Gasteiger partial charge in [0.2, 0.25) is 0 Å². The lowest BCUT2D eigenvalue weighted by atomic mass is 10.1. The maximum atomic E-state index is 13.1. The maximum Gasteiger partial charge on any atom is 0.254 e. The molecule has 3 heterocycles. The van der Waals surface area contributed by atoms with Crippen LogP contribution in [0.25, 0.3) is 11.0 Å². The van der Waals surface area contributed by atoms with Crippen molar-refractivity contribution in [3.05, 3.63) is 53.6 Å². The molecule has 3 aromatic rings. The van der Waals surface area contributed by atoms with Crippen molar-refractivity contribution in [2.45, 2.75) is 25.6 Å². The maximum absolute atomic E-state index is 13.1. The summed E-state index contributed by atoms with van der Waals surface area (Å²) < 4.78 is 1.91. The molecule has 1 N–H and O–H groups in total. The molecule has 0 fully saturated rings. The van der Waals surface area contributed by atoms with Crippen LogP contribution >= 0.6 is 0 Å². The lowest BCUT2D eigenvalue weighted by Gasteiger charge is -2.20. The van der Waals surface area contributed by atoms with Gasteiger partial charge in [-0.3, -0.25) is 19.4 Å². The zero-order chi connectivity index (χ0) is 19.7. The Bertz CT molecular complexity index is 999. The number of aliphatic hydroxyl groups excluding tert-OH is 1. The molecular weight excluding hydrogens is 356 g/mol. The summed E-state index contributed by atoms with van der Waals surface area (Å²) in [5.41, 5.74) is 3.68. The predicted octanol–water partition coefficient (Wildman–Crippen LogP) is 1.47. The number of nitrogens with zero attached hydrogens (tertiary/aromatic N) is 6. The first-order valence-corrected chi connectivity index (χ1v) is 9.41. The Hall–Kier alpha value is -2.84. The van der Waals surface area contributed by atoms with Gasteiger partial charge >= 0.3 is 0 Å². The number of aryl methyl sites for hydroxylation is 1. The molecule has 1 atom stereocenters. The Morgan fingerprint density at radius 1 is 1.18 bits per heavy atom. The zero-order valence-corrected chi connectivity index (χ0v) is 16.1. The fourth-order valence-electron chi connectivity index (χ4n) is 3.54. The van der Waals surface area contributed by atoms with E-state index in [9.17, 15) is 9.90 Å². The number of hydrogen-bond acceptors (Lipinski definition) is 6.